The van der Waals surface area contributed by atoms with Gasteiger partial charge < -0.3 is 9.73 Å². The van der Waals surface area contributed by atoms with Gasteiger partial charge in [0.05, 0.1) is 4.90 Å². The van der Waals surface area contributed by atoms with E-state index in [-0.39, 0.29) is 23.6 Å². The van der Waals surface area contributed by atoms with Gasteiger partial charge in [0.2, 0.25) is 27.7 Å². The molecule has 1 aromatic carbocycles. The molecule has 0 spiro atoms. The molecule has 0 unspecified atom stereocenters. The highest BCUT2D eigenvalue weighted by Gasteiger charge is 2.20. The Morgan fingerprint density at radius 2 is 2.00 bits per heavy atom. The van der Waals surface area contributed by atoms with Crippen LogP contribution in [0.5, 0.6) is 0 Å². The van der Waals surface area contributed by atoms with Crippen molar-refractivity contribution in [2.75, 3.05) is 19.4 Å². The van der Waals surface area contributed by atoms with Gasteiger partial charge in [-0.3, -0.25) is 4.79 Å². The largest absolute Gasteiger partial charge is 0.421 e. The van der Waals surface area contributed by atoms with Crippen molar-refractivity contribution in [3.05, 3.63) is 46.0 Å². The Labute approximate surface area is 173 Å². The van der Waals surface area contributed by atoms with Gasteiger partial charge in [0.25, 0.3) is 0 Å². The fraction of sp³-hybridized carbons (Fsp3) is 0.316. The number of hydrogen-bond acceptors (Lipinski definition) is 7. The van der Waals surface area contributed by atoms with Crippen molar-refractivity contribution in [1.29, 1.82) is 0 Å². The summed E-state index contributed by atoms with van der Waals surface area (Å²) in [4.78, 5) is 12.6. The molecule has 0 radical (unpaired) electrons. The molecule has 29 heavy (non-hydrogen) atoms. The van der Waals surface area contributed by atoms with E-state index in [0.29, 0.717) is 17.5 Å². The number of sulfonamides is 1. The van der Waals surface area contributed by atoms with Gasteiger partial charge in [0.15, 0.2) is 0 Å². The second-order valence-electron chi connectivity index (χ2n) is 6.76. The Hall–Kier alpha value is -2.56. The van der Waals surface area contributed by atoms with Crippen molar-refractivity contribution in [3.8, 4) is 11.5 Å². The lowest BCUT2D eigenvalue weighted by Crippen LogP contribution is -2.23. The molecule has 1 N–H and O–H groups in total. The van der Waals surface area contributed by atoms with Gasteiger partial charge in [-0.15, -0.1) is 10.2 Å². The monoisotopic (exact) mass is 434 g/mol. The maximum Gasteiger partial charge on any atom is 0.248 e. The van der Waals surface area contributed by atoms with Crippen LogP contribution in [0, 0.1) is 13.8 Å². The molecule has 0 bridgehead atoms. The number of nitrogens with one attached hydrogen (secondary N) is 1. The topological polar surface area (TPSA) is 105 Å². The molecule has 0 saturated carbocycles. The summed E-state index contributed by atoms with van der Waals surface area (Å²) in [5.74, 6) is 0.537. The maximum absolute atomic E-state index is 12.4. The normalized spacial score (nSPS) is 11.8. The van der Waals surface area contributed by atoms with Gasteiger partial charge in [0, 0.05) is 43.6 Å². The number of hydrogen-bond donors (Lipinski definition) is 1. The number of rotatable bonds is 7. The number of aromatic nitrogens is 2. The van der Waals surface area contributed by atoms with E-state index in [0.717, 1.165) is 21.0 Å². The van der Waals surface area contributed by atoms with Crippen LogP contribution in [0.1, 0.15) is 23.4 Å². The Balaban J connectivity index is 1.70. The van der Waals surface area contributed by atoms with Gasteiger partial charge in [-0.05, 0) is 48.6 Å². The lowest BCUT2D eigenvalue weighted by Gasteiger charge is -2.16. The molecule has 0 fully saturated rings. The first kappa shape index (κ1) is 21.2. The maximum atomic E-state index is 12.4. The van der Waals surface area contributed by atoms with Gasteiger partial charge in [-0.2, -0.15) is 11.3 Å². The minimum absolute atomic E-state index is 0.133. The summed E-state index contributed by atoms with van der Waals surface area (Å²) in [6.45, 7) is 3.65. The molecular formula is C19H22N4O4S2. The lowest BCUT2D eigenvalue weighted by molar-refractivity contribution is -0.116. The van der Waals surface area contributed by atoms with Crippen molar-refractivity contribution < 1.29 is 17.6 Å². The van der Waals surface area contributed by atoms with Crippen LogP contribution in [-0.4, -0.2) is 42.9 Å². The highest BCUT2D eigenvalue weighted by molar-refractivity contribution is 7.89. The molecule has 0 aliphatic rings. The first-order chi connectivity index (χ1) is 13.7. The Morgan fingerprint density at radius 3 is 2.66 bits per heavy atom. The van der Waals surface area contributed by atoms with Gasteiger partial charge in [-0.1, -0.05) is 0 Å². The van der Waals surface area contributed by atoms with Crippen molar-refractivity contribution in [3.63, 3.8) is 0 Å². The first-order valence-electron chi connectivity index (χ1n) is 8.87. The van der Waals surface area contributed by atoms with Crippen LogP contribution in [0.4, 0.5) is 5.69 Å². The zero-order chi connectivity index (χ0) is 21.2. The third-order valence-corrected chi connectivity index (χ3v) is 6.97. The van der Waals surface area contributed by atoms with Gasteiger partial charge in [-0.25, -0.2) is 12.7 Å². The highest BCUT2D eigenvalue weighted by Crippen LogP contribution is 2.26. The van der Waals surface area contributed by atoms with E-state index in [2.05, 4.69) is 15.5 Å². The molecule has 0 saturated heterocycles. The molecular weight excluding hydrogens is 412 g/mol. The minimum atomic E-state index is -3.60. The van der Waals surface area contributed by atoms with Crippen molar-refractivity contribution in [1.82, 2.24) is 14.5 Å². The predicted molar refractivity (Wildman–Crippen MR) is 111 cm³/mol. The quantitative estimate of drug-likeness (QED) is 0.612. The zero-order valence-electron chi connectivity index (χ0n) is 16.6. The molecule has 0 aliphatic heterocycles. The number of carbonyl (C=O) groups excluding carboxylic acids is 1. The first-order valence-corrected chi connectivity index (χ1v) is 11.3. The number of benzene rings is 1. The summed E-state index contributed by atoms with van der Waals surface area (Å²) in [7, 11) is -0.659. The summed E-state index contributed by atoms with van der Waals surface area (Å²) < 4.78 is 31.6. The molecule has 3 rings (SSSR count). The summed E-state index contributed by atoms with van der Waals surface area (Å²) in [5.41, 5.74) is 2.91. The summed E-state index contributed by atoms with van der Waals surface area (Å²) in [6.07, 6.45) is 0.422. The number of amides is 1. The molecule has 154 valence electrons. The SMILES string of the molecule is Cc1cc(S(=O)(=O)N(C)C)cc(NC(=O)CCc2nnc(-c3ccsc3)o2)c1C. The van der Waals surface area contributed by atoms with E-state index < -0.39 is 10.0 Å². The van der Waals surface area contributed by atoms with Crippen LogP contribution in [0.3, 0.4) is 0 Å². The lowest BCUT2D eigenvalue weighted by atomic mass is 10.1. The summed E-state index contributed by atoms with van der Waals surface area (Å²) in [5, 5.41) is 14.6. The standard InChI is InChI=1S/C19H22N4O4S2/c1-12-9-15(29(25,26)23(3)4)10-16(13(12)2)20-17(24)5-6-18-21-22-19(27-18)14-7-8-28-11-14/h7-11H,5-6H2,1-4H3,(H,20,24). The fourth-order valence-corrected chi connectivity index (χ4v) is 4.25. The van der Waals surface area contributed by atoms with E-state index >= 15 is 0 Å². The van der Waals surface area contributed by atoms with E-state index in [9.17, 15) is 13.2 Å². The molecule has 0 atom stereocenters. The van der Waals surface area contributed by atoms with Crippen molar-refractivity contribution in [2.45, 2.75) is 31.6 Å². The van der Waals surface area contributed by atoms with Crippen LogP contribution in [0.15, 0.2) is 38.3 Å². The van der Waals surface area contributed by atoms with E-state index in [1.54, 1.807) is 6.07 Å². The van der Waals surface area contributed by atoms with E-state index in [1.807, 2.05) is 30.7 Å². The average molecular weight is 435 g/mol. The highest BCUT2D eigenvalue weighted by atomic mass is 32.2. The number of thiophene rings is 1. The second-order valence-corrected chi connectivity index (χ2v) is 9.69. The smallest absolute Gasteiger partial charge is 0.248 e. The zero-order valence-corrected chi connectivity index (χ0v) is 18.2. The van der Waals surface area contributed by atoms with E-state index in [4.69, 9.17) is 4.42 Å². The average Bonchev–Trinajstić information content (AvgIpc) is 3.34. The molecule has 3 aromatic rings. The van der Waals surface area contributed by atoms with Crippen LogP contribution in [-0.2, 0) is 21.2 Å². The predicted octanol–water partition coefficient (Wildman–Crippen LogP) is 3.24. The summed E-state index contributed by atoms with van der Waals surface area (Å²) >= 11 is 1.53. The van der Waals surface area contributed by atoms with E-state index in [1.165, 1.54) is 31.5 Å². The van der Waals surface area contributed by atoms with Crippen LogP contribution in [0.2, 0.25) is 0 Å². The molecule has 10 heteroatoms. The fourth-order valence-electron chi connectivity index (χ4n) is 2.61. The number of anilines is 1. The van der Waals surface area contributed by atoms with Gasteiger partial charge >= 0.3 is 0 Å². The van der Waals surface area contributed by atoms with Crippen LogP contribution < -0.4 is 5.32 Å². The number of carbonyl (C=O) groups is 1. The van der Waals surface area contributed by atoms with Gasteiger partial charge in [0.1, 0.15) is 0 Å². The Kier molecular flexibility index (Phi) is 6.15. The van der Waals surface area contributed by atoms with Crippen LogP contribution in [0.25, 0.3) is 11.5 Å². The molecule has 2 aromatic heterocycles. The molecule has 1 amide bonds. The molecule has 0 aliphatic carbocycles. The third-order valence-electron chi connectivity index (χ3n) is 4.49. The number of aryl methyl sites for hydroxylation is 2. The minimum Gasteiger partial charge on any atom is -0.421 e. The van der Waals surface area contributed by atoms with Crippen molar-refractivity contribution in [2.24, 2.45) is 0 Å². The summed E-state index contributed by atoms with van der Waals surface area (Å²) in [6, 6.07) is 4.97. The number of nitrogens with zero attached hydrogens (tertiary/aromatic N) is 3. The Morgan fingerprint density at radius 1 is 1.24 bits per heavy atom. The molecule has 2 heterocycles. The van der Waals surface area contributed by atoms with Crippen molar-refractivity contribution >= 4 is 33.0 Å². The second kappa shape index (κ2) is 8.44. The van der Waals surface area contributed by atoms with Crippen LogP contribution >= 0.6 is 11.3 Å². The third kappa shape index (κ3) is 4.72. The Bertz CT molecular complexity index is 1120. The molecule has 8 nitrogen and oxygen atoms in total.